The van der Waals surface area contributed by atoms with E-state index in [1.165, 1.54) is 23.7 Å². The minimum absolute atomic E-state index is 0.247. The second-order valence-corrected chi connectivity index (χ2v) is 12.5. The SMILES string of the molecule is CS(=O)(=O)c1ccc(-c2csc(N(Cc3ccc(C=CC(=O)O)c(Br)c3)c3ccc(Cl)c(Cl)c3)n2)cc1. The molecule has 0 aliphatic rings. The zero-order valence-electron chi connectivity index (χ0n) is 19.2. The van der Waals surface area contributed by atoms with E-state index >= 15 is 0 Å². The lowest BCUT2D eigenvalue weighted by Gasteiger charge is -2.23. The lowest BCUT2D eigenvalue weighted by atomic mass is 10.1. The fourth-order valence-corrected chi connectivity index (χ4v) is 5.80. The van der Waals surface area contributed by atoms with E-state index in [-0.39, 0.29) is 4.90 Å². The zero-order chi connectivity index (χ0) is 26.7. The minimum Gasteiger partial charge on any atom is -0.478 e. The molecule has 0 bridgehead atoms. The smallest absolute Gasteiger partial charge is 0.328 e. The van der Waals surface area contributed by atoms with Crippen LogP contribution in [0.4, 0.5) is 10.8 Å². The topological polar surface area (TPSA) is 87.6 Å². The molecule has 4 aromatic rings. The number of nitrogens with zero attached hydrogens (tertiary/aromatic N) is 2. The van der Waals surface area contributed by atoms with Crippen LogP contribution in [0.1, 0.15) is 11.1 Å². The second kappa shape index (κ2) is 11.4. The Kier molecular flexibility index (Phi) is 8.40. The number of hydrogen-bond acceptors (Lipinski definition) is 6. The summed E-state index contributed by atoms with van der Waals surface area (Å²) in [5.41, 5.74) is 3.97. The number of hydrogen-bond donors (Lipinski definition) is 1. The van der Waals surface area contributed by atoms with Crippen LogP contribution in [0.5, 0.6) is 0 Å². The molecule has 1 aromatic heterocycles. The van der Waals surface area contributed by atoms with Crippen molar-refractivity contribution in [2.75, 3.05) is 11.2 Å². The number of carboxylic acid groups (broad SMARTS) is 1. The second-order valence-electron chi connectivity index (χ2n) is 8.02. The van der Waals surface area contributed by atoms with Gasteiger partial charge in [-0.25, -0.2) is 18.2 Å². The fraction of sp³-hybridized carbons (Fsp3) is 0.0769. The number of sulfone groups is 1. The molecule has 0 fully saturated rings. The highest BCUT2D eigenvalue weighted by molar-refractivity contribution is 9.10. The van der Waals surface area contributed by atoms with Gasteiger partial charge in [0.15, 0.2) is 15.0 Å². The quantitative estimate of drug-likeness (QED) is 0.199. The summed E-state index contributed by atoms with van der Waals surface area (Å²) in [5.74, 6) is -1.02. The Bertz CT molecular complexity index is 1600. The molecule has 190 valence electrons. The summed E-state index contributed by atoms with van der Waals surface area (Å²) in [4.78, 5) is 17.9. The van der Waals surface area contributed by atoms with Crippen molar-refractivity contribution < 1.29 is 18.3 Å². The molecule has 3 aromatic carbocycles. The van der Waals surface area contributed by atoms with Gasteiger partial charge in [0.1, 0.15) is 0 Å². The highest BCUT2D eigenvalue weighted by atomic mass is 79.9. The largest absolute Gasteiger partial charge is 0.478 e. The average Bonchev–Trinajstić information content (AvgIpc) is 3.33. The third-order valence-corrected chi connectivity index (χ3v) is 8.74. The van der Waals surface area contributed by atoms with E-state index in [2.05, 4.69) is 15.9 Å². The lowest BCUT2D eigenvalue weighted by molar-refractivity contribution is -0.131. The molecule has 0 amide bonds. The minimum atomic E-state index is -3.29. The highest BCUT2D eigenvalue weighted by Gasteiger charge is 2.17. The number of anilines is 2. The first-order chi connectivity index (χ1) is 17.5. The number of halogens is 3. The van der Waals surface area contributed by atoms with Crippen LogP contribution in [-0.4, -0.2) is 30.7 Å². The van der Waals surface area contributed by atoms with Crippen LogP contribution >= 0.6 is 50.5 Å². The molecule has 4 rings (SSSR count). The van der Waals surface area contributed by atoms with Crippen molar-refractivity contribution in [2.24, 2.45) is 0 Å². The Hall–Kier alpha value is -2.69. The fourth-order valence-electron chi connectivity index (χ4n) is 3.46. The molecular weight excluding hydrogens is 619 g/mol. The molecule has 0 saturated heterocycles. The van der Waals surface area contributed by atoms with Crippen molar-refractivity contribution >= 4 is 83.2 Å². The van der Waals surface area contributed by atoms with E-state index < -0.39 is 15.8 Å². The molecule has 1 N–H and O–H groups in total. The van der Waals surface area contributed by atoms with Gasteiger partial charge in [-0.1, -0.05) is 63.4 Å². The normalized spacial score (nSPS) is 11.7. The van der Waals surface area contributed by atoms with Gasteiger partial charge >= 0.3 is 5.97 Å². The molecule has 0 atom stereocenters. The van der Waals surface area contributed by atoms with Crippen molar-refractivity contribution in [1.82, 2.24) is 4.98 Å². The van der Waals surface area contributed by atoms with Gasteiger partial charge in [0.25, 0.3) is 0 Å². The predicted molar refractivity (Wildman–Crippen MR) is 154 cm³/mol. The maximum atomic E-state index is 11.8. The van der Waals surface area contributed by atoms with Crippen LogP contribution < -0.4 is 4.90 Å². The predicted octanol–water partition coefficient (Wildman–Crippen LogP) is 7.72. The van der Waals surface area contributed by atoms with Crippen molar-refractivity contribution in [1.29, 1.82) is 0 Å². The van der Waals surface area contributed by atoms with Crippen LogP contribution in [0, 0.1) is 0 Å². The number of carbonyl (C=O) groups is 1. The molecule has 6 nitrogen and oxygen atoms in total. The molecule has 0 aliphatic heterocycles. The van der Waals surface area contributed by atoms with E-state index in [9.17, 15) is 13.2 Å². The molecule has 0 saturated carbocycles. The monoisotopic (exact) mass is 636 g/mol. The summed E-state index contributed by atoms with van der Waals surface area (Å²) >= 11 is 17.4. The van der Waals surface area contributed by atoms with Crippen LogP contribution in [0.2, 0.25) is 10.0 Å². The van der Waals surface area contributed by atoms with E-state index in [1.807, 2.05) is 34.5 Å². The number of rotatable bonds is 8. The molecule has 0 aliphatic carbocycles. The summed E-state index contributed by atoms with van der Waals surface area (Å²) < 4.78 is 24.3. The maximum Gasteiger partial charge on any atom is 0.328 e. The molecule has 0 spiro atoms. The van der Waals surface area contributed by atoms with Gasteiger partial charge in [0, 0.05) is 33.4 Å². The Morgan fingerprint density at radius 3 is 2.43 bits per heavy atom. The van der Waals surface area contributed by atoms with Crippen molar-refractivity contribution in [2.45, 2.75) is 11.4 Å². The van der Waals surface area contributed by atoms with Gasteiger partial charge < -0.3 is 10.0 Å². The van der Waals surface area contributed by atoms with Crippen LogP contribution in [0.25, 0.3) is 17.3 Å². The number of thiazole rings is 1. The first-order valence-electron chi connectivity index (χ1n) is 10.7. The molecule has 0 unspecified atom stereocenters. The van der Waals surface area contributed by atoms with Gasteiger partial charge in [-0.05, 0) is 53.6 Å². The van der Waals surface area contributed by atoms with Gasteiger partial charge in [-0.3, -0.25) is 0 Å². The van der Waals surface area contributed by atoms with E-state index in [4.69, 9.17) is 33.3 Å². The maximum absolute atomic E-state index is 11.8. The number of aromatic nitrogens is 1. The number of benzene rings is 3. The Balaban J connectivity index is 1.69. The van der Waals surface area contributed by atoms with Gasteiger partial charge in [0.05, 0.1) is 27.2 Å². The highest BCUT2D eigenvalue weighted by Crippen LogP contribution is 2.36. The molecule has 1 heterocycles. The van der Waals surface area contributed by atoms with Gasteiger partial charge in [-0.2, -0.15) is 0 Å². The third kappa shape index (κ3) is 6.80. The summed E-state index contributed by atoms with van der Waals surface area (Å²) in [6.07, 6.45) is 3.78. The standard InChI is InChI=1S/C26H19BrCl2N2O4S2/c1-37(34,35)20-8-4-18(5-9-20)24-15-36-26(30-24)31(19-7-10-22(28)23(29)13-19)14-16-2-3-17(21(27)12-16)6-11-25(32)33/h2-13,15H,14H2,1H3,(H,32,33). The van der Waals surface area contributed by atoms with Gasteiger partial charge in [0.2, 0.25) is 0 Å². The first-order valence-corrected chi connectivity index (χ1v) is 15.0. The Morgan fingerprint density at radius 1 is 1.08 bits per heavy atom. The molecular formula is C26H19BrCl2N2O4S2. The van der Waals surface area contributed by atoms with Crippen molar-refractivity contribution in [3.05, 3.63) is 97.8 Å². The van der Waals surface area contributed by atoms with Crippen molar-refractivity contribution in [3.8, 4) is 11.3 Å². The van der Waals surface area contributed by atoms with Crippen LogP contribution in [-0.2, 0) is 21.2 Å². The molecule has 37 heavy (non-hydrogen) atoms. The first kappa shape index (κ1) is 27.3. The Labute approximate surface area is 236 Å². The third-order valence-electron chi connectivity index (χ3n) is 5.33. The zero-order valence-corrected chi connectivity index (χ0v) is 24.0. The van der Waals surface area contributed by atoms with E-state index in [0.717, 1.165) is 32.9 Å². The summed E-state index contributed by atoms with van der Waals surface area (Å²) in [7, 11) is -3.29. The van der Waals surface area contributed by atoms with E-state index in [0.29, 0.717) is 27.4 Å². The summed E-state index contributed by atoms with van der Waals surface area (Å²) in [6, 6.07) is 17.6. The van der Waals surface area contributed by atoms with E-state index in [1.54, 1.807) is 36.4 Å². The van der Waals surface area contributed by atoms with Crippen LogP contribution in [0.3, 0.4) is 0 Å². The van der Waals surface area contributed by atoms with Crippen molar-refractivity contribution in [3.63, 3.8) is 0 Å². The molecule has 0 radical (unpaired) electrons. The van der Waals surface area contributed by atoms with Crippen LogP contribution in [0.15, 0.2) is 81.5 Å². The lowest BCUT2D eigenvalue weighted by Crippen LogP contribution is -2.16. The average molecular weight is 638 g/mol. The number of aliphatic carboxylic acids is 1. The summed E-state index contributed by atoms with van der Waals surface area (Å²) in [6.45, 7) is 0.444. The van der Waals surface area contributed by atoms with Gasteiger partial charge in [-0.15, -0.1) is 11.3 Å². The summed E-state index contributed by atoms with van der Waals surface area (Å²) in [5, 5.41) is 12.4. The Morgan fingerprint density at radius 2 is 1.81 bits per heavy atom. The number of carboxylic acids is 1. The molecule has 11 heteroatoms.